The summed E-state index contributed by atoms with van der Waals surface area (Å²) in [5, 5.41) is 3.38. The van der Waals surface area contributed by atoms with Crippen molar-refractivity contribution >= 4 is 11.6 Å². The first kappa shape index (κ1) is 14.1. The van der Waals surface area contributed by atoms with Crippen molar-refractivity contribution in [1.82, 2.24) is 0 Å². The topological polar surface area (TPSA) is 55.1 Å². The second-order valence-electron chi connectivity index (χ2n) is 4.82. The summed E-state index contributed by atoms with van der Waals surface area (Å²) in [4.78, 5) is 11.0. The first-order valence-electron chi connectivity index (χ1n) is 6.90. The molecule has 0 unspecified atom stereocenters. The zero-order chi connectivity index (χ0) is 14.2. The highest BCUT2D eigenvalue weighted by Gasteiger charge is 2.04. The lowest BCUT2D eigenvalue weighted by Crippen LogP contribution is -2.15. The van der Waals surface area contributed by atoms with E-state index in [-0.39, 0.29) is 12.3 Å². The Morgan fingerprint density at radius 1 is 1.00 bits per heavy atom. The number of carbonyl (C=O) groups is 1. The highest BCUT2D eigenvalue weighted by Crippen LogP contribution is 2.15. The molecule has 0 bridgehead atoms. The molecule has 0 fully saturated rings. The number of nitrogens with one attached hydrogen (secondary N) is 1. The van der Waals surface area contributed by atoms with E-state index >= 15 is 0 Å². The van der Waals surface area contributed by atoms with Gasteiger partial charge in [-0.3, -0.25) is 4.79 Å². The van der Waals surface area contributed by atoms with E-state index in [0.29, 0.717) is 0 Å². The maximum atomic E-state index is 11.0. The highest BCUT2D eigenvalue weighted by molar-refractivity contribution is 5.78. The van der Waals surface area contributed by atoms with Gasteiger partial charge in [-0.05, 0) is 30.0 Å². The Bertz CT molecular complexity index is 552. The summed E-state index contributed by atoms with van der Waals surface area (Å²) < 4.78 is 0. The average molecular weight is 268 g/mol. The molecule has 2 rings (SSSR count). The molecule has 3 heteroatoms. The number of carbonyl (C=O) groups excluding carboxylic acids is 1. The van der Waals surface area contributed by atoms with Gasteiger partial charge in [0, 0.05) is 12.2 Å². The van der Waals surface area contributed by atoms with E-state index in [1.54, 1.807) is 0 Å². The van der Waals surface area contributed by atoms with Crippen molar-refractivity contribution in [2.45, 2.75) is 19.3 Å². The molecule has 0 aliphatic heterocycles. The first-order chi connectivity index (χ1) is 9.75. The molecule has 0 saturated carbocycles. The summed E-state index contributed by atoms with van der Waals surface area (Å²) in [6.07, 6.45) is 2.38. The molecule has 0 aliphatic carbocycles. The third-order valence-corrected chi connectivity index (χ3v) is 3.18. The second kappa shape index (κ2) is 7.34. The maximum absolute atomic E-state index is 11.0. The molecule has 1 amide bonds. The fourth-order valence-electron chi connectivity index (χ4n) is 2.19. The van der Waals surface area contributed by atoms with Crippen molar-refractivity contribution in [1.29, 1.82) is 0 Å². The minimum atomic E-state index is -0.302. The maximum Gasteiger partial charge on any atom is 0.221 e. The SMILES string of the molecule is NC(=O)Cc1ccccc1NCCCc1ccccc1. The predicted molar refractivity (Wildman–Crippen MR) is 82.6 cm³/mol. The number of rotatable bonds is 7. The Labute approximate surface area is 119 Å². The second-order valence-corrected chi connectivity index (χ2v) is 4.82. The summed E-state index contributed by atoms with van der Waals surface area (Å²) in [7, 11) is 0. The van der Waals surface area contributed by atoms with Gasteiger partial charge >= 0.3 is 0 Å². The van der Waals surface area contributed by atoms with Crippen LogP contribution in [0.15, 0.2) is 54.6 Å². The number of aryl methyl sites for hydroxylation is 1. The van der Waals surface area contributed by atoms with Crippen molar-refractivity contribution in [2.24, 2.45) is 5.73 Å². The van der Waals surface area contributed by atoms with Crippen molar-refractivity contribution < 1.29 is 4.79 Å². The van der Waals surface area contributed by atoms with Crippen LogP contribution in [0.2, 0.25) is 0 Å². The van der Waals surface area contributed by atoms with Crippen LogP contribution in [0.3, 0.4) is 0 Å². The molecule has 0 atom stereocenters. The van der Waals surface area contributed by atoms with Gasteiger partial charge in [0.25, 0.3) is 0 Å². The van der Waals surface area contributed by atoms with Gasteiger partial charge < -0.3 is 11.1 Å². The lowest BCUT2D eigenvalue weighted by molar-refractivity contribution is -0.117. The molecular formula is C17H20N2O. The molecule has 0 aromatic heterocycles. The lowest BCUT2D eigenvalue weighted by Gasteiger charge is -2.11. The van der Waals surface area contributed by atoms with Crippen LogP contribution in [-0.4, -0.2) is 12.5 Å². The molecule has 0 radical (unpaired) electrons. The van der Waals surface area contributed by atoms with Crippen LogP contribution in [0.25, 0.3) is 0 Å². The number of benzene rings is 2. The minimum absolute atomic E-state index is 0.280. The smallest absolute Gasteiger partial charge is 0.221 e. The fourth-order valence-corrected chi connectivity index (χ4v) is 2.19. The number of primary amides is 1. The lowest BCUT2D eigenvalue weighted by atomic mass is 10.1. The molecule has 20 heavy (non-hydrogen) atoms. The largest absolute Gasteiger partial charge is 0.385 e. The van der Waals surface area contributed by atoms with Crippen LogP contribution < -0.4 is 11.1 Å². The van der Waals surface area contributed by atoms with E-state index in [0.717, 1.165) is 30.6 Å². The Morgan fingerprint density at radius 3 is 2.45 bits per heavy atom. The number of hydrogen-bond acceptors (Lipinski definition) is 2. The predicted octanol–water partition coefficient (Wildman–Crippen LogP) is 2.76. The van der Waals surface area contributed by atoms with Crippen LogP contribution in [0.4, 0.5) is 5.69 Å². The van der Waals surface area contributed by atoms with E-state index in [1.165, 1.54) is 5.56 Å². The molecule has 104 valence electrons. The third-order valence-electron chi connectivity index (χ3n) is 3.18. The summed E-state index contributed by atoms with van der Waals surface area (Å²) in [5.41, 5.74) is 8.56. The molecule has 0 saturated heterocycles. The number of anilines is 1. The van der Waals surface area contributed by atoms with Gasteiger partial charge in [0.1, 0.15) is 0 Å². The summed E-state index contributed by atoms with van der Waals surface area (Å²) in [6.45, 7) is 0.880. The van der Waals surface area contributed by atoms with E-state index in [9.17, 15) is 4.79 Å². The van der Waals surface area contributed by atoms with Crippen LogP contribution in [-0.2, 0) is 17.6 Å². The molecule has 0 spiro atoms. The molecule has 3 nitrogen and oxygen atoms in total. The number of hydrogen-bond donors (Lipinski definition) is 2. The Balaban J connectivity index is 1.83. The summed E-state index contributed by atoms with van der Waals surface area (Å²) in [5.74, 6) is -0.302. The first-order valence-corrected chi connectivity index (χ1v) is 6.90. The summed E-state index contributed by atoms with van der Waals surface area (Å²) >= 11 is 0. The average Bonchev–Trinajstić information content (AvgIpc) is 2.46. The van der Waals surface area contributed by atoms with Gasteiger partial charge in [0.05, 0.1) is 6.42 Å². The van der Waals surface area contributed by atoms with Crippen molar-refractivity contribution in [3.05, 3.63) is 65.7 Å². The minimum Gasteiger partial charge on any atom is -0.385 e. The molecule has 2 aromatic rings. The normalized spacial score (nSPS) is 10.2. The van der Waals surface area contributed by atoms with Crippen LogP contribution in [0.5, 0.6) is 0 Å². The quantitative estimate of drug-likeness (QED) is 0.759. The van der Waals surface area contributed by atoms with Crippen molar-refractivity contribution in [2.75, 3.05) is 11.9 Å². The van der Waals surface area contributed by atoms with Crippen molar-refractivity contribution in [3.63, 3.8) is 0 Å². The van der Waals surface area contributed by atoms with Gasteiger partial charge in [-0.2, -0.15) is 0 Å². The van der Waals surface area contributed by atoms with Gasteiger partial charge in [-0.15, -0.1) is 0 Å². The van der Waals surface area contributed by atoms with Gasteiger partial charge in [0.15, 0.2) is 0 Å². The fraction of sp³-hybridized carbons (Fsp3) is 0.235. The Morgan fingerprint density at radius 2 is 1.70 bits per heavy atom. The Hall–Kier alpha value is -2.29. The number of para-hydroxylation sites is 1. The monoisotopic (exact) mass is 268 g/mol. The van der Waals surface area contributed by atoms with Crippen LogP contribution >= 0.6 is 0 Å². The molecule has 0 aliphatic rings. The standard InChI is InChI=1S/C17H20N2O/c18-17(20)13-15-10-4-5-11-16(15)19-12-6-9-14-7-2-1-3-8-14/h1-5,7-8,10-11,19H,6,9,12-13H2,(H2,18,20). The zero-order valence-electron chi connectivity index (χ0n) is 11.5. The van der Waals surface area contributed by atoms with E-state index in [1.807, 2.05) is 30.3 Å². The highest BCUT2D eigenvalue weighted by atomic mass is 16.1. The van der Waals surface area contributed by atoms with E-state index in [4.69, 9.17) is 5.73 Å². The molecular weight excluding hydrogens is 248 g/mol. The van der Waals surface area contributed by atoms with Gasteiger partial charge in [-0.1, -0.05) is 48.5 Å². The van der Waals surface area contributed by atoms with Crippen LogP contribution in [0, 0.1) is 0 Å². The van der Waals surface area contributed by atoms with Crippen molar-refractivity contribution in [3.8, 4) is 0 Å². The Kier molecular flexibility index (Phi) is 5.18. The number of nitrogens with two attached hydrogens (primary N) is 1. The third kappa shape index (κ3) is 4.43. The molecule has 2 aromatic carbocycles. The molecule has 3 N–H and O–H groups in total. The van der Waals surface area contributed by atoms with E-state index < -0.39 is 0 Å². The van der Waals surface area contributed by atoms with Crippen LogP contribution in [0.1, 0.15) is 17.5 Å². The molecule has 0 heterocycles. The van der Waals surface area contributed by atoms with E-state index in [2.05, 4.69) is 29.6 Å². The summed E-state index contributed by atoms with van der Waals surface area (Å²) in [6, 6.07) is 18.2. The zero-order valence-corrected chi connectivity index (χ0v) is 11.5. The number of amides is 1. The van der Waals surface area contributed by atoms with Gasteiger partial charge in [-0.25, -0.2) is 0 Å². The van der Waals surface area contributed by atoms with Gasteiger partial charge in [0.2, 0.25) is 5.91 Å².